The standard InChI is InChI=1S/C45H31FN2O/c1-45(2)35-14-6-3-12-32(35)43-36(45)15-9-17-39(43)48(40-18-10-20-42-44(40)33-13-5-8-19-41(33)49-42)30-25-26-38-34(27-30)31-11-4-7-16-37(31)47(38)29-23-21-28(46)22-24-29/h3-27H,1-2H3. The summed E-state index contributed by atoms with van der Waals surface area (Å²) in [6.07, 6.45) is 0. The van der Waals surface area contributed by atoms with Crippen LogP contribution in [0.5, 0.6) is 0 Å². The lowest BCUT2D eigenvalue weighted by atomic mass is 9.82. The van der Waals surface area contributed by atoms with Crippen LogP contribution in [0, 0.1) is 5.82 Å². The maximum Gasteiger partial charge on any atom is 0.137 e. The molecule has 0 radical (unpaired) electrons. The van der Waals surface area contributed by atoms with Crippen LogP contribution in [0.25, 0.3) is 60.6 Å². The van der Waals surface area contributed by atoms with Gasteiger partial charge in [-0.05, 0) is 89.5 Å². The number of benzene rings is 7. The number of rotatable bonds is 4. The van der Waals surface area contributed by atoms with Gasteiger partial charge in [-0.15, -0.1) is 0 Å². The highest BCUT2D eigenvalue weighted by Gasteiger charge is 2.38. The number of furan rings is 1. The van der Waals surface area contributed by atoms with E-state index in [1.807, 2.05) is 24.3 Å². The van der Waals surface area contributed by atoms with E-state index in [0.29, 0.717) is 0 Å². The first-order chi connectivity index (χ1) is 24.0. The summed E-state index contributed by atoms with van der Waals surface area (Å²) in [6.45, 7) is 4.65. The third kappa shape index (κ3) is 3.95. The van der Waals surface area contributed by atoms with Crippen LogP contribution in [0.1, 0.15) is 25.0 Å². The van der Waals surface area contributed by atoms with E-state index >= 15 is 0 Å². The zero-order valence-electron chi connectivity index (χ0n) is 27.1. The van der Waals surface area contributed by atoms with Crippen LogP contribution < -0.4 is 4.90 Å². The zero-order chi connectivity index (χ0) is 32.9. The molecule has 0 atom stereocenters. The van der Waals surface area contributed by atoms with E-state index in [-0.39, 0.29) is 11.2 Å². The summed E-state index contributed by atoms with van der Waals surface area (Å²) in [5.74, 6) is -0.247. The highest BCUT2D eigenvalue weighted by molar-refractivity contribution is 6.15. The van der Waals surface area contributed by atoms with Crippen molar-refractivity contribution in [3.05, 3.63) is 169 Å². The maximum atomic E-state index is 14.0. The van der Waals surface area contributed by atoms with E-state index in [2.05, 4.69) is 139 Å². The Balaban J connectivity index is 1.31. The zero-order valence-corrected chi connectivity index (χ0v) is 27.1. The number of aromatic nitrogens is 1. The Morgan fingerprint density at radius 1 is 0.571 bits per heavy atom. The van der Waals surface area contributed by atoms with Crippen molar-refractivity contribution in [2.45, 2.75) is 19.3 Å². The predicted molar refractivity (Wildman–Crippen MR) is 200 cm³/mol. The first-order valence-corrected chi connectivity index (χ1v) is 16.7. The first-order valence-electron chi connectivity index (χ1n) is 16.7. The molecule has 0 saturated carbocycles. The number of halogens is 1. The number of anilines is 3. The normalized spacial score (nSPS) is 13.4. The fourth-order valence-corrected chi connectivity index (χ4v) is 8.24. The van der Waals surface area contributed by atoms with Crippen LogP contribution in [-0.4, -0.2) is 4.57 Å². The molecule has 9 aromatic rings. The monoisotopic (exact) mass is 634 g/mol. The summed E-state index contributed by atoms with van der Waals surface area (Å²) in [5.41, 5.74) is 13.0. The Labute approximate surface area is 283 Å². The van der Waals surface area contributed by atoms with E-state index in [9.17, 15) is 4.39 Å². The van der Waals surface area contributed by atoms with Gasteiger partial charge < -0.3 is 13.9 Å². The summed E-state index contributed by atoms with van der Waals surface area (Å²) in [7, 11) is 0. The maximum absolute atomic E-state index is 14.0. The van der Waals surface area contributed by atoms with Gasteiger partial charge in [0.05, 0.1) is 27.8 Å². The highest BCUT2D eigenvalue weighted by Crippen LogP contribution is 2.55. The van der Waals surface area contributed by atoms with Gasteiger partial charge in [-0.25, -0.2) is 4.39 Å². The number of fused-ring (bicyclic) bond motifs is 9. The van der Waals surface area contributed by atoms with Crippen molar-refractivity contribution in [1.82, 2.24) is 4.57 Å². The van der Waals surface area contributed by atoms with Gasteiger partial charge in [-0.2, -0.15) is 0 Å². The number of hydrogen-bond acceptors (Lipinski definition) is 2. The van der Waals surface area contributed by atoms with E-state index in [1.165, 1.54) is 34.4 Å². The molecule has 0 amide bonds. The molecule has 7 aromatic carbocycles. The fraction of sp³-hybridized carbons (Fsp3) is 0.0667. The third-order valence-electron chi connectivity index (χ3n) is 10.4. The van der Waals surface area contributed by atoms with Crippen LogP contribution in [-0.2, 0) is 5.41 Å². The average molecular weight is 635 g/mol. The molecule has 0 fully saturated rings. The Hall–Kier alpha value is -6.13. The van der Waals surface area contributed by atoms with Crippen LogP contribution in [0.4, 0.5) is 21.5 Å². The minimum atomic E-state index is -0.247. The second kappa shape index (κ2) is 10.2. The lowest BCUT2D eigenvalue weighted by molar-refractivity contribution is 0.627. The second-order valence-corrected chi connectivity index (χ2v) is 13.5. The van der Waals surface area contributed by atoms with Crippen molar-refractivity contribution >= 4 is 60.8 Å². The smallest absolute Gasteiger partial charge is 0.137 e. The van der Waals surface area contributed by atoms with Crippen LogP contribution in [0.2, 0.25) is 0 Å². The van der Waals surface area contributed by atoms with Gasteiger partial charge in [0.25, 0.3) is 0 Å². The molecular formula is C45H31FN2O. The molecule has 4 heteroatoms. The van der Waals surface area contributed by atoms with Gasteiger partial charge >= 0.3 is 0 Å². The molecule has 2 aromatic heterocycles. The molecule has 2 heterocycles. The minimum absolute atomic E-state index is 0.144. The summed E-state index contributed by atoms with van der Waals surface area (Å²) < 4.78 is 22.7. The van der Waals surface area contributed by atoms with Crippen molar-refractivity contribution in [2.24, 2.45) is 0 Å². The van der Waals surface area contributed by atoms with Gasteiger partial charge in [0.2, 0.25) is 0 Å². The molecule has 0 spiro atoms. The Morgan fingerprint density at radius 2 is 1.24 bits per heavy atom. The van der Waals surface area contributed by atoms with Crippen molar-refractivity contribution in [3.8, 4) is 16.8 Å². The first kappa shape index (κ1) is 27.9. The van der Waals surface area contributed by atoms with Crippen LogP contribution >= 0.6 is 0 Å². The summed E-state index contributed by atoms with van der Waals surface area (Å²) in [6, 6.07) is 52.1. The van der Waals surface area contributed by atoms with E-state index in [0.717, 1.165) is 66.5 Å². The molecule has 3 nitrogen and oxygen atoms in total. The molecule has 10 rings (SSSR count). The fourth-order valence-electron chi connectivity index (χ4n) is 8.24. The van der Waals surface area contributed by atoms with Crippen molar-refractivity contribution < 1.29 is 8.81 Å². The Kier molecular flexibility index (Phi) is 5.81. The molecule has 0 saturated heterocycles. The molecule has 49 heavy (non-hydrogen) atoms. The largest absolute Gasteiger partial charge is 0.456 e. The molecule has 0 bridgehead atoms. The molecule has 1 aliphatic rings. The average Bonchev–Trinajstić information content (AvgIpc) is 3.75. The van der Waals surface area contributed by atoms with Crippen molar-refractivity contribution in [1.29, 1.82) is 0 Å². The summed E-state index contributed by atoms with van der Waals surface area (Å²) in [4.78, 5) is 2.42. The Bertz CT molecular complexity index is 2770. The van der Waals surface area contributed by atoms with Gasteiger partial charge in [-0.1, -0.05) is 92.7 Å². The second-order valence-electron chi connectivity index (χ2n) is 13.5. The molecule has 0 N–H and O–H groups in total. The topological polar surface area (TPSA) is 21.3 Å². The van der Waals surface area contributed by atoms with Gasteiger partial charge in [0.1, 0.15) is 17.0 Å². The highest BCUT2D eigenvalue weighted by atomic mass is 19.1. The SMILES string of the molecule is CC1(C)c2ccccc2-c2c(N(c3ccc4c(c3)c3ccccc3n4-c3ccc(F)cc3)c3cccc4oc5ccccc5c34)cccc21. The molecular weight excluding hydrogens is 604 g/mol. The lowest BCUT2D eigenvalue weighted by Crippen LogP contribution is -2.16. The molecule has 234 valence electrons. The van der Waals surface area contributed by atoms with E-state index in [4.69, 9.17) is 4.42 Å². The van der Waals surface area contributed by atoms with Crippen LogP contribution in [0.15, 0.2) is 156 Å². The van der Waals surface area contributed by atoms with Gasteiger partial charge in [0, 0.05) is 38.5 Å². The molecule has 0 aliphatic heterocycles. The molecule has 0 unspecified atom stereocenters. The third-order valence-corrected chi connectivity index (χ3v) is 10.4. The Morgan fingerprint density at radius 3 is 2.12 bits per heavy atom. The van der Waals surface area contributed by atoms with Crippen molar-refractivity contribution in [2.75, 3.05) is 4.90 Å². The lowest BCUT2D eigenvalue weighted by Gasteiger charge is -2.29. The van der Waals surface area contributed by atoms with Gasteiger partial charge in [-0.3, -0.25) is 0 Å². The predicted octanol–water partition coefficient (Wildman–Crippen LogP) is 12.6. The number of hydrogen-bond donors (Lipinski definition) is 0. The molecule has 1 aliphatic carbocycles. The quantitative estimate of drug-likeness (QED) is 0.192. The van der Waals surface area contributed by atoms with Crippen LogP contribution in [0.3, 0.4) is 0 Å². The summed E-state index contributed by atoms with van der Waals surface area (Å²) in [5, 5.41) is 4.43. The van der Waals surface area contributed by atoms with E-state index < -0.39 is 0 Å². The van der Waals surface area contributed by atoms with Gasteiger partial charge in [0.15, 0.2) is 0 Å². The number of para-hydroxylation sites is 2. The minimum Gasteiger partial charge on any atom is -0.456 e. The number of nitrogens with zero attached hydrogens (tertiary/aromatic N) is 2. The van der Waals surface area contributed by atoms with Crippen molar-refractivity contribution in [3.63, 3.8) is 0 Å². The summed E-state index contributed by atoms with van der Waals surface area (Å²) >= 11 is 0. The van der Waals surface area contributed by atoms with E-state index in [1.54, 1.807) is 0 Å².